The molecule has 0 saturated carbocycles. The highest BCUT2D eigenvalue weighted by atomic mass is 79.9. The first-order valence-electron chi connectivity index (χ1n) is 5.60. The molecule has 0 fully saturated rings. The van der Waals surface area contributed by atoms with Crippen molar-refractivity contribution in [3.8, 4) is 0 Å². The van der Waals surface area contributed by atoms with E-state index in [1.807, 2.05) is 0 Å². The maximum Gasteiger partial charge on any atom is 0.255 e. The van der Waals surface area contributed by atoms with E-state index < -0.39 is 23.2 Å². The molecule has 0 aromatic heterocycles. The largest absolute Gasteiger partial charge is 0.317 e. The standard InChI is InChI=1S/C14H9Br2F2NO/c1-7-2-3-11(17)13(12(7)18)19-14(20)8-4-9(15)6-10(16)5-8/h2-6H,1H3,(H,19,20). The fourth-order valence-electron chi connectivity index (χ4n) is 1.64. The van der Waals surface area contributed by atoms with Crippen LogP contribution in [-0.2, 0) is 0 Å². The number of aryl methyl sites for hydroxylation is 1. The van der Waals surface area contributed by atoms with Gasteiger partial charge in [0.05, 0.1) is 0 Å². The molecule has 1 N–H and O–H groups in total. The van der Waals surface area contributed by atoms with E-state index in [0.717, 1.165) is 6.07 Å². The normalized spacial score (nSPS) is 10.4. The van der Waals surface area contributed by atoms with E-state index in [9.17, 15) is 13.6 Å². The van der Waals surface area contributed by atoms with Crippen LogP contribution in [0.25, 0.3) is 0 Å². The molecule has 2 aromatic rings. The molecule has 0 heterocycles. The van der Waals surface area contributed by atoms with Crippen LogP contribution in [0.5, 0.6) is 0 Å². The van der Waals surface area contributed by atoms with Gasteiger partial charge in [-0.2, -0.15) is 0 Å². The van der Waals surface area contributed by atoms with Gasteiger partial charge in [0.2, 0.25) is 0 Å². The third-order valence-electron chi connectivity index (χ3n) is 2.65. The number of anilines is 1. The number of benzene rings is 2. The molecule has 1 amide bonds. The van der Waals surface area contributed by atoms with Crippen molar-refractivity contribution >= 4 is 43.5 Å². The fraction of sp³-hybridized carbons (Fsp3) is 0.0714. The Labute approximate surface area is 131 Å². The predicted octanol–water partition coefficient (Wildman–Crippen LogP) is 5.05. The summed E-state index contributed by atoms with van der Waals surface area (Å²) in [6, 6.07) is 7.31. The third-order valence-corrected chi connectivity index (χ3v) is 3.56. The minimum atomic E-state index is -0.810. The summed E-state index contributed by atoms with van der Waals surface area (Å²) in [5.74, 6) is -2.17. The second-order valence-electron chi connectivity index (χ2n) is 4.17. The molecular formula is C14H9Br2F2NO. The van der Waals surface area contributed by atoms with E-state index in [-0.39, 0.29) is 11.1 Å². The average molecular weight is 405 g/mol. The van der Waals surface area contributed by atoms with Gasteiger partial charge in [-0.1, -0.05) is 37.9 Å². The summed E-state index contributed by atoms with van der Waals surface area (Å²) in [4.78, 5) is 12.0. The second-order valence-corrected chi connectivity index (χ2v) is 6.00. The molecule has 0 radical (unpaired) electrons. The van der Waals surface area contributed by atoms with Crippen LogP contribution in [0.15, 0.2) is 39.3 Å². The summed E-state index contributed by atoms with van der Waals surface area (Å²) in [7, 11) is 0. The zero-order valence-corrected chi connectivity index (χ0v) is 13.5. The number of rotatable bonds is 2. The maximum absolute atomic E-state index is 13.8. The van der Waals surface area contributed by atoms with E-state index in [1.54, 1.807) is 18.2 Å². The molecule has 0 aliphatic rings. The minimum Gasteiger partial charge on any atom is -0.317 e. The van der Waals surface area contributed by atoms with Gasteiger partial charge in [0, 0.05) is 14.5 Å². The highest BCUT2D eigenvalue weighted by Crippen LogP contribution is 2.24. The molecule has 104 valence electrons. The summed E-state index contributed by atoms with van der Waals surface area (Å²) in [5.41, 5.74) is 0.106. The molecule has 0 bridgehead atoms. The Hall–Kier alpha value is -1.27. The molecule has 20 heavy (non-hydrogen) atoms. The minimum absolute atomic E-state index is 0.261. The summed E-state index contributed by atoms with van der Waals surface area (Å²) in [6.45, 7) is 1.50. The van der Waals surface area contributed by atoms with Crippen LogP contribution in [0.2, 0.25) is 0 Å². The number of hydrogen-bond acceptors (Lipinski definition) is 1. The zero-order valence-electron chi connectivity index (χ0n) is 10.3. The molecule has 0 atom stereocenters. The van der Waals surface area contributed by atoms with Crippen molar-refractivity contribution in [2.24, 2.45) is 0 Å². The summed E-state index contributed by atoms with van der Waals surface area (Å²) in [5, 5.41) is 2.26. The third kappa shape index (κ3) is 3.24. The lowest BCUT2D eigenvalue weighted by molar-refractivity contribution is 0.102. The Morgan fingerprint density at radius 1 is 1.10 bits per heavy atom. The highest BCUT2D eigenvalue weighted by Gasteiger charge is 2.16. The van der Waals surface area contributed by atoms with Crippen LogP contribution in [0, 0.1) is 18.6 Å². The number of halogens is 4. The van der Waals surface area contributed by atoms with Crippen molar-refractivity contribution in [1.29, 1.82) is 0 Å². The van der Waals surface area contributed by atoms with Gasteiger partial charge in [-0.3, -0.25) is 4.79 Å². The van der Waals surface area contributed by atoms with Gasteiger partial charge in [-0.15, -0.1) is 0 Å². The lowest BCUT2D eigenvalue weighted by Gasteiger charge is -2.10. The fourth-order valence-corrected chi connectivity index (χ4v) is 2.94. The van der Waals surface area contributed by atoms with Crippen LogP contribution in [0.4, 0.5) is 14.5 Å². The lowest BCUT2D eigenvalue weighted by atomic mass is 10.1. The lowest BCUT2D eigenvalue weighted by Crippen LogP contribution is -2.15. The van der Waals surface area contributed by atoms with Gasteiger partial charge in [0.1, 0.15) is 11.5 Å². The number of hydrogen-bond donors (Lipinski definition) is 1. The Kier molecular flexibility index (Phi) is 4.55. The van der Waals surface area contributed by atoms with E-state index in [0.29, 0.717) is 8.95 Å². The topological polar surface area (TPSA) is 29.1 Å². The summed E-state index contributed by atoms with van der Waals surface area (Å²) < 4.78 is 28.8. The smallest absolute Gasteiger partial charge is 0.255 e. The number of carbonyl (C=O) groups excluding carboxylic acids is 1. The maximum atomic E-state index is 13.8. The molecular weight excluding hydrogens is 396 g/mol. The molecule has 2 rings (SSSR count). The van der Waals surface area contributed by atoms with Crippen molar-refractivity contribution in [2.75, 3.05) is 5.32 Å². The van der Waals surface area contributed by atoms with Gasteiger partial charge < -0.3 is 5.32 Å². The van der Waals surface area contributed by atoms with E-state index in [1.165, 1.54) is 13.0 Å². The van der Waals surface area contributed by atoms with Crippen molar-refractivity contribution < 1.29 is 13.6 Å². The summed E-state index contributed by atoms with van der Waals surface area (Å²) >= 11 is 6.50. The molecule has 2 nitrogen and oxygen atoms in total. The number of nitrogens with one attached hydrogen (secondary N) is 1. The molecule has 0 saturated heterocycles. The SMILES string of the molecule is Cc1ccc(F)c(NC(=O)c2cc(Br)cc(Br)c2)c1F. The molecule has 0 spiro atoms. The molecule has 2 aromatic carbocycles. The van der Waals surface area contributed by atoms with Gasteiger partial charge in [0.15, 0.2) is 5.82 Å². The van der Waals surface area contributed by atoms with Crippen LogP contribution in [-0.4, -0.2) is 5.91 Å². The molecule has 0 unspecified atom stereocenters. The van der Waals surface area contributed by atoms with Crippen molar-refractivity contribution in [2.45, 2.75) is 6.92 Å². The molecule has 0 aliphatic heterocycles. The number of carbonyl (C=O) groups is 1. The van der Waals surface area contributed by atoms with Crippen LogP contribution in [0.3, 0.4) is 0 Å². The van der Waals surface area contributed by atoms with Crippen LogP contribution in [0.1, 0.15) is 15.9 Å². The Morgan fingerprint density at radius 3 is 2.30 bits per heavy atom. The van der Waals surface area contributed by atoms with Crippen LogP contribution >= 0.6 is 31.9 Å². The quantitative estimate of drug-likeness (QED) is 0.745. The first kappa shape index (κ1) is 15.1. The van der Waals surface area contributed by atoms with Crippen molar-refractivity contribution in [1.82, 2.24) is 0 Å². The van der Waals surface area contributed by atoms with Gasteiger partial charge in [0.25, 0.3) is 5.91 Å². The first-order valence-corrected chi connectivity index (χ1v) is 7.19. The summed E-state index contributed by atoms with van der Waals surface area (Å²) in [6.07, 6.45) is 0. The Bertz CT molecular complexity index is 669. The first-order chi connectivity index (χ1) is 9.38. The highest BCUT2D eigenvalue weighted by molar-refractivity contribution is 9.11. The van der Waals surface area contributed by atoms with Crippen LogP contribution < -0.4 is 5.32 Å². The van der Waals surface area contributed by atoms with Crippen molar-refractivity contribution in [3.63, 3.8) is 0 Å². The Balaban J connectivity index is 2.35. The Morgan fingerprint density at radius 2 is 1.70 bits per heavy atom. The predicted molar refractivity (Wildman–Crippen MR) is 80.9 cm³/mol. The average Bonchev–Trinajstić information content (AvgIpc) is 2.38. The van der Waals surface area contributed by atoms with Crippen molar-refractivity contribution in [3.05, 3.63) is 62.0 Å². The molecule has 6 heteroatoms. The van der Waals surface area contributed by atoms with E-state index in [4.69, 9.17) is 0 Å². The van der Waals surface area contributed by atoms with Gasteiger partial charge >= 0.3 is 0 Å². The zero-order chi connectivity index (χ0) is 14.9. The molecule has 0 aliphatic carbocycles. The number of amides is 1. The van der Waals surface area contributed by atoms with E-state index >= 15 is 0 Å². The van der Waals surface area contributed by atoms with Gasteiger partial charge in [-0.05, 0) is 36.8 Å². The second kappa shape index (κ2) is 6.01. The monoisotopic (exact) mass is 403 g/mol. The van der Waals surface area contributed by atoms with E-state index in [2.05, 4.69) is 37.2 Å². The van der Waals surface area contributed by atoms with Gasteiger partial charge in [-0.25, -0.2) is 8.78 Å².